The van der Waals surface area contributed by atoms with Gasteiger partial charge in [-0.2, -0.15) is 0 Å². The molecule has 0 aliphatic rings. The molecular formula is C24H20F2O4. The molecule has 0 radical (unpaired) electrons. The van der Waals surface area contributed by atoms with Crippen LogP contribution in [0.25, 0.3) is 22.3 Å². The van der Waals surface area contributed by atoms with E-state index in [1.807, 2.05) is 0 Å². The molecular weight excluding hydrogens is 390 g/mol. The molecule has 3 aromatic carbocycles. The molecule has 0 unspecified atom stereocenters. The number of carbonyl (C=O) groups is 2. The second kappa shape index (κ2) is 9.31. The Balaban J connectivity index is 2.38. The fraction of sp³-hybridized carbons (Fsp3) is 0.167. The van der Waals surface area contributed by atoms with Crippen LogP contribution in [0.15, 0.2) is 60.7 Å². The maximum Gasteiger partial charge on any atom is 0.338 e. The molecule has 3 rings (SSSR count). The van der Waals surface area contributed by atoms with Gasteiger partial charge in [0.05, 0.1) is 24.3 Å². The Labute approximate surface area is 173 Å². The van der Waals surface area contributed by atoms with E-state index in [9.17, 15) is 18.4 Å². The number of ether oxygens (including phenoxy) is 2. The highest BCUT2D eigenvalue weighted by molar-refractivity contribution is 6.08. The monoisotopic (exact) mass is 410 g/mol. The lowest BCUT2D eigenvalue weighted by atomic mass is 9.87. The molecule has 154 valence electrons. The van der Waals surface area contributed by atoms with E-state index in [0.717, 1.165) is 0 Å². The van der Waals surface area contributed by atoms with E-state index in [1.54, 1.807) is 13.8 Å². The standard InChI is InChI=1S/C24H20F2O4/c1-3-29-23(27)19-13-14-20(24(28)30-4-2)22(16-7-11-18(26)12-8-16)21(19)15-5-9-17(25)10-6-15/h5-14H,3-4H2,1-2H3. The number of esters is 2. The van der Waals surface area contributed by atoms with Gasteiger partial charge in [-0.15, -0.1) is 0 Å². The molecule has 0 spiro atoms. The van der Waals surface area contributed by atoms with Crippen LogP contribution in [-0.4, -0.2) is 25.2 Å². The average molecular weight is 410 g/mol. The predicted molar refractivity (Wildman–Crippen MR) is 109 cm³/mol. The predicted octanol–water partition coefficient (Wildman–Crippen LogP) is 5.65. The fourth-order valence-corrected chi connectivity index (χ4v) is 3.19. The first-order valence-electron chi connectivity index (χ1n) is 9.49. The van der Waals surface area contributed by atoms with Crippen LogP contribution >= 0.6 is 0 Å². The summed E-state index contributed by atoms with van der Waals surface area (Å²) in [5.41, 5.74) is 2.18. The summed E-state index contributed by atoms with van der Waals surface area (Å²) in [5.74, 6) is -2.06. The quantitative estimate of drug-likeness (QED) is 0.493. The third-order valence-electron chi connectivity index (χ3n) is 4.46. The number of benzene rings is 3. The molecule has 0 heterocycles. The summed E-state index contributed by atoms with van der Waals surface area (Å²) in [4.78, 5) is 25.4. The van der Waals surface area contributed by atoms with Gasteiger partial charge in [0.2, 0.25) is 0 Å². The van der Waals surface area contributed by atoms with E-state index in [0.29, 0.717) is 22.3 Å². The van der Waals surface area contributed by atoms with E-state index in [4.69, 9.17) is 9.47 Å². The molecule has 3 aromatic rings. The van der Waals surface area contributed by atoms with Crippen LogP contribution in [0.2, 0.25) is 0 Å². The lowest BCUT2D eigenvalue weighted by Gasteiger charge is -2.18. The molecule has 4 nitrogen and oxygen atoms in total. The average Bonchev–Trinajstić information content (AvgIpc) is 2.74. The number of carbonyl (C=O) groups excluding carboxylic acids is 2. The van der Waals surface area contributed by atoms with Crippen molar-refractivity contribution in [2.75, 3.05) is 13.2 Å². The van der Waals surface area contributed by atoms with Crippen LogP contribution < -0.4 is 0 Å². The summed E-state index contributed by atoms with van der Waals surface area (Å²) < 4.78 is 37.5. The van der Waals surface area contributed by atoms with Gasteiger partial charge in [0, 0.05) is 11.1 Å². The third-order valence-corrected chi connectivity index (χ3v) is 4.46. The van der Waals surface area contributed by atoms with Crippen molar-refractivity contribution >= 4 is 11.9 Å². The van der Waals surface area contributed by atoms with E-state index in [-0.39, 0.29) is 24.3 Å². The Morgan fingerprint density at radius 1 is 0.633 bits per heavy atom. The Morgan fingerprint density at radius 2 is 0.967 bits per heavy atom. The molecule has 0 aromatic heterocycles. The molecule has 0 fully saturated rings. The maximum absolute atomic E-state index is 13.6. The minimum atomic E-state index is -0.587. The Kier molecular flexibility index (Phi) is 6.57. The molecule has 0 aliphatic heterocycles. The summed E-state index contributed by atoms with van der Waals surface area (Å²) in [6, 6.07) is 14.0. The number of halogens is 2. The zero-order valence-corrected chi connectivity index (χ0v) is 16.6. The molecule has 0 aliphatic carbocycles. The van der Waals surface area contributed by atoms with Crippen molar-refractivity contribution in [1.82, 2.24) is 0 Å². The third kappa shape index (κ3) is 4.38. The Hall–Kier alpha value is -3.54. The van der Waals surface area contributed by atoms with Gasteiger partial charge in [-0.05, 0) is 61.4 Å². The molecule has 6 heteroatoms. The summed E-state index contributed by atoms with van der Waals surface area (Å²) in [6.45, 7) is 3.69. The zero-order valence-electron chi connectivity index (χ0n) is 16.6. The second-order valence-electron chi connectivity index (χ2n) is 6.37. The van der Waals surface area contributed by atoms with Crippen molar-refractivity contribution in [3.8, 4) is 22.3 Å². The highest BCUT2D eigenvalue weighted by Gasteiger charge is 2.25. The van der Waals surface area contributed by atoms with Gasteiger partial charge >= 0.3 is 11.9 Å². The molecule has 0 amide bonds. The number of hydrogen-bond donors (Lipinski definition) is 0. The lowest BCUT2D eigenvalue weighted by Crippen LogP contribution is -2.12. The van der Waals surface area contributed by atoms with Crippen LogP contribution in [0, 0.1) is 11.6 Å². The zero-order chi connectivity index (χ0) is 21.7. The first-order chi connectivity index (χ1) is 14.5. The number of rotatable bonds is 6. The van der Waals surface area contributed by atoms with Crippen molar-refractivity contribution in [1.29, 1.82) is 0 Å². The van der Waals surface area contributed by atoms with Gasteiger partial charge in [-0.25, -0.2) is 18.4 Å². The molecule has 0 bridgehead atoms. The largest absolute Gasteiger partial charge is 0.462 e. The van der Waals surface area contributed by atoms with Crippen molar-refractivity contribution in [3.05, 3.63) is 83.4 Å². The van der Waals surface area contributed by atoms with Gasteiger partial charge in [0.1, 0.15) is 11.6 Å². The van der Waals surface area contributed by atoms with E-state index < -0.39 is 23.6 Å². The summed E-state index contributed by atoms with van der Waals surface area (Å²) in [7, 11) is 0. The van der Waals surface area contributed by atoms with Crippen LogP contribution in [0.4, 0.5) is 8.78 Å². The van der Waals surface area contributed by atoms with Crippen molar-refractivity contribution in [3.63, 3.8) is 0 Å². The van der Waals surface area contributed by atoms with Crippen molar-refractivity contribution in [2.24, 2.45) is 0 Å². The highest BCUT2D eigenvalue weighted by Crippen LogP contribution is 2.39. The van der Waals surface area contributed by atoms with Crippen LogP contribution in [0.1, 0.15) is 34.6 Å². The van der Waals surface area contributed by atoms with E-state index >= 15 is 0 Å². The SMILES string of the molecule is CCOC(=O)c1ccc(C(=O)OCC)c(-c2ccc(F)cc2)c1-c1ccc(F)cc1. The van der Waals surface area contributed by atoms with Crippen LogP contribution in [0.5, 0.6) is 0 Å². The summed E-state index contributed by atoms with van der Waals surface area (Å²) in [6.07, 6.45) is 0. The van der Waals surface area contributed by atoms with Gasteiger partial charge in [-0.3, -0.25) is 0 Å². The smallest absolute Gasteiger partial charge is 0.338 e. The van der Waals surface area contributed by atoms with Crippen LogP contribution in [-0.2, 0) is 9.47 Å². The minimum absolute atomic E-state index is 0.160. The first kappa shape index (κ1) is 21.2. The summed E-state index contributed by atoms with van der Waals surface area (Å²) >= 11 is 0. The van der Waals surface area contributed by atoms with Crippen molar-refractivity contribution in [2.45, 2.75) is 13.8 Å². The lowest BCUT2D eigenvalue weighted by molar-refractivity contribution is 0.0513. The van der Waals surface area contributed by atoms with Crippen molar-refractivity contribution < 1.29 is 27.8 Å². The van der Waals surface area contributed by atoms with Crippen LogP contribution in [0.3, 0.4) is 0 Å². The van der Waals surface area contributed by atoms with Gasteiger partial charge < -0.3 is 9.47 Å². The van der Waals surface area contributed by atoms with Gasteiger partial charge in [0.25, 0.3) is 0 Å². The van der Waals surface area contributed by atoms with E-state index in [2.05, 4.69) is 0 Å². The molecule has 0 saturated heterocycles. The fourth-order valence-electron chi connectivity index (χ4n) is 3.19. The highest BCUT2D eigenvalue weighted by atomic mass is 19.1. The topological polar surface area (TPSA) is 52.6 Å². The minimum Gasteiger partial charge on any atom is -0.462 e. The normalized spacial score (nSPS) is 10.5. The molecule has 0 atom stereocenters. The number of hydrogen-bond acceptors (Lipinski definition) is 4. The Morgan fingerprint density at radius 3 is 1.27 bits per heavy atom. The Bertz CT molecular complexity index is 971. The second-order valence-corrected chi connectivity index (χ2v) is 6.37. The molecule has 30 heavy (non-hydrogen) atoms. The molecule has 0 saturated carbocycles. The molecule has 0 N–H and O–H groups in total. The van der Waals surface area contributed by atoms with Gasteiger partial charge in [-0.1, -0.05) is 24.3 Å². The first-order valence-corrected chi connectivity index (χ1v) is 9.49. The van der Waals surface area contributed by atoms with E-state index in [1.165, 1.54) is 60.7 Å². The van der Waals surface area contributed by atoms with Gasteiger partial charge in [0.15, 0.2) is 0 Å². The summed E-state index contributed by atoms with van der Waals surface area (Å²) in [5, 5.41) is 0. The maximum atomic E-state index is 13.6.